The molecule has 0 aliphatic rings. The molecule has 5 heteroatoms. The van der Waals surface area contributed by atoms with E-state index in [1.807, 2.05) is 31.2 Å². The Kier molecular flexibility index (Phi) is 4.68. The monoisotopic (exact) mass is 355 g/mol. The summed E-state index contributed by atoms with van der Waals surface area (Å²) in [5, 5.41) is 0. The summed E-state index contributed by atoms with van der Waals surface area (Å²) in [6, 6.07) is 13.3. The minimum atomic E-state index is -1.61. The van der Waals surface area contributed by atoms with Gasteiger partial charge in [0.1, 0.15) is 5.69 Å². The summed E-state index contributed by atoms with van der Waals surface area (Å²) >= 11 is 0. The molecule has 0 saturated heterocycles. The molecule has 0 bridgehead atoms. The van der Waals surface area contributed by atoms with Gasteiger partial charge in [0.2, 0.25) is 0 Å². The van der Waals surface area contributed by atoms with E-state index < -0.39 is 34.5 Å². The van der Waals surface area contributed by atoms with Crippen LogP contribution in [-0.2, 0) is 0 Å². The standard InChI is InChI=1S/C21H13F4N/c1-12-2-4-13(5-3-12)6-7-14-8-10-15(11-9-14)16-17(22)19(24)21(26)20(25)18(16)23/h2-5,8-11H,26H2,1H3. The third-order valence-corrected chi connectivity index (χ3v) is 3.87. The molecular formula is C21H13F4N. The molecule has 130 valence electrons. The summed E-state index contributed by atoms with van der Waals surface area (Å²) < 4.78 is 55.2. The quantitative estimate of drug-likeness (QED) is 0.276. The molecule has 0 aliphatic carbocycles. The van der Waals surface area contributed by atoms with Gasteiger partial charge in [0, 0.05) is 11.1 Å². The predicted molar refractivity (Wildman–Crippen MR) is 93.3 cm³/mol. The van der Waals surface area contributed by atoms with Gasteiger partial charge in [-0.2, -0.15) is 0 Å². The largest absolute Gasteiger partial charge is 0.394 e. The number of anilines is 1. The van der Waals surface area contributed by atoms with Crippen molar-refractivity contribution in [2.24, 2.45) is 0 Å². The Balaban J connectivity index is 1.96. The summed E-state index contributed by atoms with van der Waals surface area (Å²) in [4.78, 5) is 0. The van der Waals surface area contributed by atoms with Crippen LogP contribution in [0.2, 0.25) is 0 Å². The van der Waals surface area contributed by atoms with Crippen molar-refractivity contribution in [3.05, 3.63) is 88.5 Å². The lowest BCUT2D eigenvalue weighted by Gasteiger charge is -2.09. The molecule has 0 unspecified atom stereocenters. The van der Waals surface area contributed by atoms with Crippen LogP contribution in [0.1, 0.15) is 16.7 Å². The van der Waals surface area contributed by atoms with Gasteiger partial charge in [0.05, 0.1) is 5.56 Å². The van der Waals surface area contributed by atoms with Crippen LogP contribution in [0.5, 0.6) is 0 Å². The van der Waals surface area contributed by atoms with E-state index in [0.29, 0.717) is 5.56 Å². The Labute approximate surface area is 148 Å². The lowest BCUT2D eigenvalue weighted by Crippen LogP contribution is -2.05. The molecule has 0 saturated carbocycles. The van der Waals surface area contributed by atoms with E-state index >= 15 is 0 Å². The van der Waals surface area contributed by atoms with Gasteiger partial charge in [-0.25, -0.2) is 17.6 Å². The lowest BCUT2D eigenvalue weighted by atomic mass is 10.0. The number of hydrogen-bond donors (Lipinski definition) is 1. The molecular weight excluding hydrogens is 342 g/mol. The zero-order valence-electron chi connectivity index (χ0n) is 13.7. The third kappa shape index (κ3) is 3.27. The zero-order chi connectivity index (χ0) is 18.8. The molecule has 0 aromatic heterocycles. The maximum absolute atomic E-state index is 14.0. The molecule has 0 amide bonds. The van der Waals surface area contributed by atoms with Crippen LogP contribution in [0.4, 0.5) is 23.2 Å². The summed E-state index contributed by atoms with van der Waals surface area (Å²) in [6.07, 6.45) is 0. The van der Waals surface area contributed by atoms with Crippen molar-refractivity contribution < 1.29 is 17.6 Å². The predicted octanol–water partition coefficient (Wildman–Crippen LogP) is 5.20. The molecule has 0 aliphatic heterocycles. The Morgan fingerprint density at radius 1 is 0.654 bits per heavy atom. The van der Waals surface area contributed by atoms with Gasteiger partial charge < -0.3 is 5.73 Å². The summed E-state index contributed by atoms with van der Waals surface area (Å²) in [6.45, 7) is 1.97. The van der Waals surface area contributed by atoms with Crippen LogP contribution in [0.25, 0.3) is 11.1 Å². The van der Waals surface area contributed by atoms with Crippen molar-refractivity contribution in [1.82, 2.24) is 0 Å². The summed E-state index contributed by atoms with van der Waals surface area (Å²) in [5.74, 6) is -0.398. The van der Waals surface area contributed by atoms with Crippen LogP contribution in [0.15, 0.2) is 48.5 Å². The molecule has 26 heavy (non-hydrogen) atoms. The number of halogens is 4. The highest BCUT2D eigenvalue weighted by Crippen LogP contribution is 2.33. The van der Waals surface area contributed by atoms with E-state index in [-0.39, 0.29) is 5.56 Å². The zero-order valence-corrected chi connectivity index (χ0v) is 13.7. The first-order chi connectivity index (χ1) is 12.4. The van der Waals surface area contributed by atoms with Crippen LogP contribution in [0, 0.1) is 42.0 Å². The summed E-state index contributed by atoms with van der Waals surface area (Å²) in [7, 11) is 0. The average molecular weight is 355 g/mol. The molecule has 3 aromatic rings. The fraction of sp³-hybridized carbons (Fsp3) is 0.0476. The third-order valence-electron chi connectivity index (χ3n) is 3.87. The summed E-state index contributed by atoms with van der Waals surface area (Å²) in [5.41, 5.74) is 5.55. The number of rotatable bonds is 1. The minimum absolute atomic E-state index is 0.0151. The van der Waals surface area contributed by atoms with Gasteiger partial charge in [-0.3, -0.25) is 0 Å². The average Bonchev–Trinajstić information content (AvgIpc) is 2.65. The Morgan fingerprint density at radius 3 is 1.54 bits per heavy atom. The molecule has 0 atom stereocenters. The molecule has 0 fully saturated rings. The van der Waals surface area contributed by atoms with Crippen LogP contribution in [0.3, 0.4) is 0 Å². The first kappa shape index (κ1) is 17.6. The maximum Gasteiger partial charge on any atom is 0.185 e. The first-order valence-electron chi connectivity index (χ1n) is 7.69. The van der Waals surface area contributed by atoms with Crippen LogP contribution < -0.4 is 5.73 Å². The maximum atomic E-state index is 14.0. The van der Waals surface area contributed by atoms with E-state index in [4.69, 9.17) is 5.73 Å². The molecule has 2 N–H and O–H groups in total. The fourth-order valence-corrected chi connectivity index (χ4v) is 2.40. The smallest absolute Gasteiger partial charge is 0.185 e. The van der Waals surface area contributed by atoms with Gasteiger partial charge in [-0.05, 0) is 36.8 Å². The van der Waals surface area contributed by atoms with Gasteiger partial charge in [0.25, 0.3) is 0 Å². The topological polar surface area (TPSA) is 26.0 Å². The van der Waals surface area contributed by atoms with Crippen molar-refractivity contribution in [1.29, 1.82) is 0 Å². The van der Waals surface area contributed by atoms with Gasteiger partial charge in [-0.15, -0.1) is 0 Å². The van der Waals surface area contributed by atoms with Gasteiger partial charge >= 0.3 is 0 Å². The van der Waals surface area contributed by atoms with E-state index in [1.165, 1.54) is 24.3 Å². The SMILES string of the molecule is Cc1ccc(C#Cc2ccc(-c3c(F)c(F)c(N)c(F)c3F)cc2)cc1. The molecule has 0 heterocycles. The molecule has 3 aromatic carbocycles. The molecule has 1 nitrogen and oxygen atoms in total. The number of nitrogen functional groups attached to an aromatic ring is 1. The highest BCUT2D eigenvalue weighted by atomic mass is 19.2. The van der Waals surface area contributed by atoms with Crippen LogP contribution >= 0.6 is 0 Å². The van der Waals surface area contributed by atoms with Crippen molar-refractivity contribution >= 4 is 5.69 Å². The number of hydrogen-bond acceptors (Lipinski definition) is 1. The highest BCUT2D eigenvalue weighted by Gasteiger charge is 2.24. The fourth-order valence-electron chi connectivity index (χ4n) is 2.40. The molecule has 0 spiro atoms. The minimum Gasteiger partial charge on any atom is -0.394 e. The second-order valence-corrected chi connectivity index (χ2v) is 5.74. The van der Waals surface area contributed by atoms with Crippen molar-refractivity contribution in [2.75, 3.05) is 5.73 Å². The Bertz CT molecular complexity index is 998. The first-order valence-corrected chi connectivity index (χ1v) is 7.69. The van der Waals surface area contributed by atoms with E-state index in [0.717, 1.165) is 11.1 Å². The Morgan fingerprint density at radius 2 is 1.08 bits per heavy atom. The van der Waals surface area contributed by atoms with Crippen LogP contribution in [-0.4, -0.2) is 0 Å². The second-order valence-electron chi connectivity index (χ2n) is 5.74. The molecule has 0 radical (unpaired) electrons. The number of aryl methyl sites for hydroxylation is 1. The number of benzene rings is 3. The van der Waals surface area contributed by atoms with Crippen molar-refractivity contribution in [3.8, 4) is 23.0 Å². The van der Waals surface area contributed by atoms with Gasteiger partial charge in [-0.1, -0.05) is 41.7 Å². The van der Waals surface area contributed by atoms with E-state index in [9.17, 15) is 17.6 Å². The normalized spacial score (nSPS) is 10.3. The second kappa shape index (κ2) is 6.93. The highest BCUT2D eigenvalue weighted by molar-refractivity contribution is 5.69. The van der Waals surface area contributed by atoms with E-state index in [1.54, 1.807) is 0 Å². The number of nitrogens with two attached hydrogens (primary N) is 1. The Hall–Kier alpha value is -3.26. The molecule has 3 rings (SSSR count). The lowest BCUT2D eigenvalue weighted by molar-refractivity contribution is 0.464. The van der Waals surface area contributed by atoms with E-state index in [2.05, 4.69) is 11.8 Å². The van der Waals surface area contributed by atoms with Crippen molar-refractivity contribution in [3.63, 3.8) is 0 Å². The van der Waals surface area contributed by atoms with Crippen molar-refractivity contribution in [2.45, 2.75) is 6.92 Å². The van der Waals surface area contributed by atoms with Gasteiger partial charge in [0.15, 0.2) is 23.3 Å².